The summed E-state index contributed by atoms with van der Waals surface area (Å²) in [6, 6.07) is 4.42. The van der Waals surface area contributed by atoms with Gasteiger partial charge in [0, 0.05) is 6.07 Å². The van der Waals surface area contributed by atoms with Crippen molar-refractivity contribution in [3.05, 3.63) is 47.5 Å². The lowest BCUT2D eigenvalue weighted by Gasteiger charge is -2.12. The highest BCUT2D eigenvalue weighted by atomic mass is 32.3. The van der Waals surface area contributed by atoms with Gasteiger partial charge in [-0.05, 0) is 42.8 Å². The number of aromatic carboxylic acids is 1. The normalized spacial score (nSPS) is 13.1. The van der Waals surface area contributed by atoms with E-state index in [0.717, 1.165) is 25.3 Å². The first-order chi connectivity index (χ1) is 24.7. The zero-order valence-corrected chi connectivity index (χ0v) is 31.1. The van der Waals surface area contributed by atoms with Gasteiger partial charge in [-0.15, -0.1) is 20.5 Å². The number of ether oxygens (including phenoxy) is 1. The summed E-state index contributed by atoms with van der Waals surface area (Å²) < 4.78 is 158. The van der Waals surface area contributed by atoms with Crippen molar-refractivity contribution in [3.8, 4) is 17.2 Å². The minimum absolute atomic E-state index is 0.000611. The predicted molar refractivity (Wildman–Crippen MR) is 178 cm³/mol. The lowest BCUT2D eigenvalue weighted by molar-refractivity contribution is 0.0696. The Labute approximate surface area is 305 Å². The number of carbonyl (C=O) groups is 1. The quantitative estimate of drug-likeness (QED) is 0.0837. The number of sulfone groups is 2. The van der Waals surface area contributed by atoms with Crippen molar-refractivity contribution in [2.75, 3.05) is 31.8 Å². The van der Waals surface area contributed by atoms with Crippen LogP contribution in [0.1, 0.15) is 15.9 Å². The second-order valence-electron chi connectivity index (χ2n) is 10.2. The van der Waals surface area contributed by atoms with Crippen LogP contribution in [-0.4, -0.2) is 109 Å². The van der Waals surface area contributed by atoms with Crippen LogP contribution in [0.5, 0.6) is 17.2 Å². The lowest BCUT2D eigenvalue weighted by atomic mass is 10.1. The summed E-state index contributed by atoms with van der Waals surface area (Å²) in [6.45, 7) is -0.721. The summed E-state index contributed by atoms with van der Waals surface area (Å²) in [5.74, 6) is -6.31. The highest BCUT2D eigenvalue weighted by molar-refractivity contribution is 7.92. The number of rotatable bonds is 17. The third-order valence-electron chi connectivity index (χ3n) is 6.52. The standard InChI is InChI=1S/C25H26N4O20S5/c1-13-9-17(19(47-2)12-20(13)51(36,37)8-6-49-54(44,45)46)27-29-23-18(30)11-15(25(32)33)22(24(23)31)28-26-16-4-3-14(10-21(16)52(38,39)40)50(34,35)7-5-48-53(41,42)43/h3-4,9-12,30-31H,5-8H2,1-2H3,(H,32,33)(H,38,39,40)(H,41,42,43)(H,44,45,46). The second-order valence-corrected chi connectivity index (χ2v) is 18.0. The largest absolute Gasteiger partial charge is 0.505 e. The predicted octanol–water partition coefficient (Wildman–Crippen LogP) is 2.38. The van der Waals surface area contributed by atoms with Gasteiger partial charge in [0.05, 0.1) is 47.2 Å². The zero-order valence-electron chi connectivity index (χ0n) is 27.0. The van der Waals surface area contributed by atoms with E-state index in [4.69, 9.17) is 13.8 Å². The Morgan fingerprint density at radius 1 is 0.685 bits per heavy atom. The van der Waals surface area contributed by atoms with Crippen molar-refractivity contribution in [1.82, 2.24) is 0 Å². The van der Waals surface area contributed by atoms with E-state index in [2.05, 4.69) is 28.8 Å². The molecule has 6 N–H and O–H groups in total. The first-order valence-electron chi connectivity index (χ1n) is 13.8. The van der Waals surface area contributed by atoms with E-state index in [1.807, 2.05) is 0 Å². The number of benzene rings is 3. The minimum atomic E-state index is -5.32. The maximum atomic E-state index is 12.8. The second kappa shape index (κ2) is 16.3. The minimum Gasteiger partial charge on any atom is -0.505 e. The molecule has 0 bridgehead atoms. The van der Waals surface area contributed by atoms with Crippen LogP contribution in [0.25, 0.3) is 0 Å². The summed E-state index contributed by atoms with van der Waals surface area (Å²) in [5, 5.41) is 45.5. The smallest absolute Gasteiger partial charge is 0.397 e. The molecule has 0 unspecified atom stereocenters. The summed E-state index contributed by atoms with van der Waals surface area (Å²) in [6.07, 6.45) is 0. The molecule has 0 saturated carbocycles. The van der Waals surface area contributed by atoms with Gasteiger partial charge in [-0.1, -0.05) is 0 Å². The van der Waals surface area contributed by atoms with Crippen molar-refractivity contribution in [2.24, 2.45) is 20.5 Å². The average Bonchev–Trinajstić information content (AvgIpc) is 3.01. The molecular weight excluding hydrogens is 837 g/mol. The van der Waals surface area contributed by atoms with Crippen LogP contribution in [0, 0.1) is 6.92 Å². The molecule has 0 spiro atoms. The molecule has 3 rings (SSSR count). The van der Waals surface area contributed by atoms with E-state index in [1.165, 1.54) is 6.92 Å². The van der Waals surface area contributed by atoms with E-state index >= 15 is 0 Å². The summed E-state index contributed by atoms with van der Waals surface area (Å²) in [4.78, 5) is 9.55. The van der Waals surface area contributed by atoms with Crippen LogP contribution < -0.4 is 4.74 Å². The Hall–Kier alpha value is -4.72. The number of aromatic hydroxyl groups is 2. The van der Waals surface area contributed by atoms with Gasteiger partial charge >= 0.3 is 26.8 Å². The van der Waals surface area contributed by atoms with Gasteiger partial charge in [0.15, 0.2) is 31.1 Å². The molecule has 0 aliphatic heterocycles. The molecule has 0 atom stereocenters. The maximum absolute atomic E-state index is 12.8. The van der Waals surface area contributed by atoms with Gasteiger partial charge in [0.25, 0.3) is 10.1 Å². The molecule has 3 aromatic rings. The van der Waals surface area contributed by atoms with Gasteiger partial charge < -0.3 is 20.1 Å². The molecule has 0 radical (unpaired) electrons. The monoisotopic (exact) mass is 862 g/mol. The SMILES string of the molecule is COc1cc(S(=O)(=O)CCOS(=O)(=O)O)c(C)cc1N=Nc1c(O)cc(C(=O)O)c(N=Nc2ccc(S(=O)(=O)CCOS(=O)(=O)O)cc2S(=O)(=O)O)c1O. The number of aryl methyl sites for hydroxylation is 1. The molecule has 0 aromatic heterocycles. The Morgan fingerprint density at radius 2 is 1.22 bits per heavy atom. The van der Waals surface area contributed by atoms with Crippen LogP contribution in [0.15, 0.2) is 71.5 Å². The number of phenolic OH excluding ortho intramolecular Hbond substituents is 2. The molecule has 0 saturated heterocycles. The van der Waals surface area contributed by atoms with Crippen LogP contribution in [0.3, 0.4) is 0 Å². The topological polar surface area (TPSA) is 386 Å². The fourth-order valence-corrected chi connectivity index (χ4v) is 8.13. The zero-order chi connectivity index (χ0) is 41.0. The molecule has 0 aliphatic rings. The van der Waals surface area contributed by atoms with Gasteiger partial charge in [-0.3, -0.25) is 13.7 Å². The van der Waals surface area contributed by atoms with Crippen molar-refractivity contribution in [3.63, 3.8) is 0 Å². The Kier molecular flexibility index (Phi) is 13.2. The number of phenols is 2. The van der Waals surface area contributed by atoms with E-state index in [0.29, 0.717) is 18.2 Å². The molecule has 3 aromatic carbocycles. The summed E-state index contributed by atoms with van der Waals surface area (Å²) >= 11 is 0. The lowest BCUT2D eigenvalue weighted by Crippen LogP contribution is -2.16. The Balaban J connectivity index is 2.09. The number of hydrogen-bond acceptors (Lipinski definition) is 20. The Morgan fingerprint density at radius 3 is 1.74 bits per heavy atom. The number of carboxylic acid groups (broad SMARTS) is 1. The first kappa shape index (κ1) is 43.7. The van der Waals surface area contributed by atoms with Crippen LogP contribution >= 0.6 is 0 Å². The van der Waals surface area contributed by atoms with Crippen molar-refractivity contribution < 1.29 is 89.0 Å². The first-order valence-corrected chi connectivity index (χ1v) is 21.3. The Bertz CT molecular complexity index is 2610. The molecule has 0 fully saturated rings. The van der Waals surface area contributed by atoms with E-state index in [1.54, 1.807) is 0 Å². The average molecular weight is 863 g/mol. The van der Waals surface area contributed by atoms with Gasteiger partial charge in [0.2, 0.25) is 0 Å². The molecule has 54 heavy (non-hydrogen) atoms. The number of methoxy groups -OCH3 is 1. The molecule has 0 amide bonds. The van der Waals surface area contributed by atoms with E-state index < -0.39 is 125 Å². The third-order valence-corrected chi connectivity index (χ3v) is 11.8. The van der Waals surface area contributed by atoms with Crippen molar-refractivity contribution in [2.45, 2.75) is 21.6 Å². The molecule has 24 nitrogen and oxygen atoms in total. The van der Waals surface area contributed by atoms with Crippen molar-refractivity contribution >= 4 is 79.3 Å². The number of nitrogens with zero attached hydrogens (tertiary/aromatic N) is 4. The van der Waals surface area contributed by atoms with E-state index in [9.17, 15) is 66.8 Å². The fraction of sp³-hybridized carbons (Fsp3) is 0.240. The van der Waals surface area contributed by atoms with Crippen LogP contribution in [-0.2, 0) is 59.0 Å². The highest BCUT2D eigenvalue weighted by Crippen LogP contribution is 2.47. The highest BCUT2D eigenvalue weighted by Gasteiger charge is 2.26. The summed E-state index contributed by atoms with van der Waals surface area (Å²) in [7, 11) is -23.0. The number of azo groups is 2. The van der Waals surface area contributed by atoms with Gasteiger partial charge in [0.1, 0.15) is 33.5 Å². The van der Waals surface area contributed by atoms with Crippen LogP contribution in [0.4, 0.5) is 22.7 Å². The maximum Gasteiger partial charge on any atom is 0.397 e. The third kappa shape index (κ3) is 11.4. The molecule has 0 heterocycles. The van der Waals surface area contributed by atoms with Gasteiger partial charge in [-0.25, -0.2) is 30.0 Å². The molecule has 296 valence electrons. The van der Waals surface area contributed by atoms with Crippen molar-refractivity contribution in [1.29, 1.82) is 0 Å². The number of hydrogen-bond donors (Lipinski definition) is 6. The molecule has 0 aliphatic carbocycles. The molecular formula is C25H26N4O20S5. The molecule has 29 heteroatoms. The van der Waals surface area contributed by atoms with Gasteiger partial charge in [-0.2, -0.15) is 25.3 Å². The fourth-order valence-electron chi connectivity index (χ4n) is 4.14. The van der Waals surface area contributed by atoms with E-state index in [-0.39, 0.29) is 21.9 Å². The van der Waals surface area contributed by atoms with Crippen LogP contribution in [0.2, 0.25) is 0 Å². The number of carboxylic acids is 1. The summed E-state index contributed by atoms with van der Waals surface area (Å²) in [5.41, 5.74) is -3.84.